The van der Waals surface area contributed by atoms with Gasteiger partial charge in [-0.3, -0.25) is 9.78 Å². The minimum absolute atomic E-state index is 0.0207. The highest BCUT2D eigenvalue weighted by molar-refractivity contribution is 5.99. The number of ketones is 1. The molecule has 1 aromatic carbocycles. The molecule has 1 aromatic heterocycles. The molecule has 2 N–H and O–H groups in total. The quantitative estimate of drug-likeness (QED) is 0.751. The van der Waals surface area contributed by atoms with Crippen molar-refractivity contribution in [1.29, 1.82) is 0 Å². The number of rotatable bonds is 4. The highest BCUT2D eigenvalue weighted by Gasteiger charge is 2.08. The van der Waals surface area contributed by atoms with Gasteiger partial charge in [0.15, 0.2) is 11.4 Å². The molecule has 0 aliphatic heterocycles. The normalized spacial score (nSPS) is 10.8. The van der Waals surface area contributed by atoms with Crippen molar-refractivity contribution < 1.29 is 9.21 Å². The van der Waals surface area contributed by atoms with Gasteiger partial charge < -0.3 is 9.73 Å². The minimum atomic E-state index is -0.508. The number of aromatic nitrogens is 1. The van der Waals surface area contributed by atoms with Crippen molar-refractivity contribution in [2.24, 2.45) is 0 Å². The smallest absolute Gasteiger partial charge is 0.408 e. The fraction of sp³-hybridized carbons (Fsp3) is 0.273. The molecule has 0 saturated heterocycles. The first-order valence-corrected chi connectivity index (χ1v) is 5.07. The molecule has 0 aliphatic carbocycles. The molecule has 0 fully saturated rings. The lowest BCUT2D eigenvalue weighted by molar-refractivity contribution is 0.0992. The lowest BCUT2D eigenvalue weighted by Gasteiger charge is -2.00. The first kappa shape index (κ1) is 10.6. The highest BCUT2D eigenvalue weighted by Crippen LogP contribution is 2.12. The average molecular weight is 220 g/mol. The summed E-state index contributed by atoms with van der Waals surface area (Å²) in [6, 6.07) is 4.92. The van der Waals surface area contributed by atoms with E-state index in [0.29, 0.717) is 16.7 Å². The third kappa shape index (κ3) is 2.04. The maximum atomic E-state index is 11.7. The molecule has 1 heterocycles. The van der Waals surface area contributed by atoms with Gasteiger partial charge in [0.1, 0.15) is 0 Å². The predicted octanol–water partition coefficient (Wildman–Crippen LogP) is 0.913. The molecule has 0 unspecified atom stereocenters. The van der Waals surface area contributed by atoms with E-state index in [2.05, 4.69) is 10.3 Å². The molecule has 0 amide bonds. The zero-order chi connectivity index (χ0) is 11.5. The summed E-state index contributed by atoms with van der Waals surface area (Å²) in [5, 5.41) is 2.95. The Hall–Kier alpha value is -1.88. The summed E-state index contributed by atoms with van der Waals surface area (Å²) in [5.41, 5.74) is 1.55. The van der Waals surface area contributed by atoms with Crippen LogP contribution in [0.3, 0.4) is 0 Å². The van der Waals surface area contributed by atoms with Crippen molar-refractivity contribution in [1.82, 2.24) is 10.3 Å². The van der Waals surface area contributed by atoms with E-state index in [4.69, 9.17) is 4.42 Å². The fourth-order valence-electron chi connectivity index (χ4n) is 1.46. The third-order valence-corrected chi connectivity index (χ3v) is 2.28. The fourth-order valence-corrected chi connectivity index (χ4v) is 1.46. The van der Waals surface area contributed by atoms with Gasteiger partial charge in [-0.15, -0.1) is 0 Å². The van der Waals surface area contributed by atoms with Crippen LogP contribution in [0.25, 0.3) is 11.1 Å². The summed E-state index contributed by atoms with van der Waals surface area (Å²) in [4.78, 5) is 25.1. The molecule has 2 aromatic rings. The largest absolute Gasteiger partial charge is 0.417 e. The minimum Gasteiger partial charge on any atom is -0.408 e. The van der Waals surface area contributed by atoms with Crippen molar-refractivity contribution >= 4 is 16.9 Å². The van der Waals surface area contributed by atoms with E-state index >= 15 is 0 Å². The first-order valence-electron chi connectivity index (χ1n) is 5.07. The molecule has 0 spiro atoms. The number of oxazole rings is 1. The Kier molecular flexibility index (Phi) is 2.87. The first-order chi connectivity index (χ1) is 7.70. The van der Waals surface area contributed by atoms with E-state index in [1.165, 1.54) is 0 Å². The number of fused-ring (bicyclic) bond motifs is 1. The summed E-state index contributed by atoms with van der Waals surface area (Å²) in [5.74, 6) is -0.529. The number of hydrogen-bond acceptors (Lipinski definition) is 4. The summed E-state index contributed by atoms with van der Waals surface area (Å²) in [7, 11) is 0. The van der Waals surface area contributed by atoms with Gasteiger partial charge in [0.25, 0.3) is 0 Å². The van der Waals surface area contributed by atoms with Gasteiger partial charge in [0.05, 0.1) is 12.1 Å². The molecule has 0 saturated carbocycles. The Bertz CT molecular complexity index is 568. The number of aromatic amines is 1. The standard InChI is InChI=1S/C11H12N2O3/c1-2-12-6-9(14)7-3-4-8-10(5-7)16-11(15)13-8/h3-5,12H,2,6H2,1H3,(H,13,15). The maximum absolute atomic E-state index is 11.7. The molecular weight excluding hydrogens is 208 g/mol. The van der Waals surface area contributed by atoms with Crippen LogP contribution in [0.1, 0.15) is 17.3 Å². The summed E-state index contributed by atoms with van der Waals surface area (Å²) >= 11 is 0. The number of nitrogens with one attached hydrogen (secondary N) is 2. The van der Waals surface area contributed by atoms with Gasteiger partial charge in [-0.1, -0.05) is 6.92 Å². The van der Waals surface area contributed by atoms with Gasteiger partial charge in [0.2, 0.25) is 0 Å². The predicted molar refractivity (Wildman–Crippen MR) is 59.7 cm³/mol. The molecule has 5 heteroatoms. The van der Waals surface area contributed by atoms with E-state index in [-0.39, 0.29) is 12.3 Å². The average Bonchev–Trinajstić information content (AvgIpc) is 2.64. The Morgan fingerprint density at radius 1 is 1.50 bits per heavy atom. The van der Waals surface area contributed by atoms with Gasteiger partial charge in [0, 0.05) is 5.56 Å². The van der Waals surface area contributed by atoms with Crippen molar-refractivity contribution in [3.05, 3.63) is 34.3 Å². The van der Waals surface area contributed by atoms with Crippen LogP contribution in [0.2, 0.25) is 0 Å². The van der Waals surface area contributed by atoms with E-state index in [1.54, 1.807) is 18.2 Å². The number of benzene rings is 1. The number of Topliss-reactive ketones (excluding diaryl/α,β-unsaturated/α-hetero) is 1. The number of hydrogen-bond donors (Lipinski definition) is 2. The van der Waals surface area contributed by atoms with Crippen molar-refractivity contribution in [3.8, 4) is 0 Å². The van der Waals surface area contributed by atoms with Crippen LogP contribution < -0.4 is 11.1 Å². The van der Waals surface area contributed by atoms with Crippen LogP contribution in [-0.4, -0.2) is 23.9 Å². The molecule has 84 valence electrons. The van der Waals surface area contributed by atoms with E-state index in [9.17, 15) is 9.59 Å². The van der Waals surface area contributed by atoms with Crippen LogP contribution in [0.4, 0.5) is 0 Å². The second-order valence-corrected chi connectivity index (χ2v) is 3.43. The maximum Gasteiger partial charge on any atom is 0.417 e. The van der Waals surface area contributed by atoms with E-state index in [1.807, 2.05) is 6.92 Å². The number of carbonyl (C=O) groups is 1. The van der Waals surface area contributed by atoms with Crippen LogP contribution >= 0.6 is 0 Å². The molecular formula is C11H12N2O3. The topological polar surface area (TPSA) is 75.1 Å². The molecule has 0 bridgehead atoms. The monoisotopic (exact) mass is 220 g/mol. The van der Waals surface area contributed by atoms with Gasteiger partial charge in [-0.05, 0) is 24.7 Å². The molecule has 2 rings (SSSR count). The number of likely N-dealkylation sites (N-methyl/N-ethyl adjacent to an activating group) is 1. The Morgan fingerprint density at radius 2 is 2.31 bits per heavy atom. The molecule has 16 heavy (non-hydrogen) atoms. The summed E-state index contributed by atoms with van der Waals surface area (Å²) in [6.45, 7) is 2.96. The highest BCUT2D eigenvalue weighted by atomic mass is 16.4. The SMILES string of the molecule is CCNCC(=O)c1ccc2[nH]c(=O)oc2c1. The van der Waals surface area contributed by atoms with Gasteiger partial charge in [-0.2, -0.15) is 0 Å². The Balaban J connectivity index is 2.31. The van der Waals surface area contributed by atoms with Crippen LogP contribution in [0.15, 0.2) is 27.4 Å². The third-order valence-electron chi connectivity index (χ3n) is 2.28. The zero-order valence-corrected chi connectivity index (χ0v) is 8.87. The van der Waals surface area contributed by atoms with Gasteiger partial charge in [-0.25, -0.2) is 4.79 Å². The second-order valence-electron chi connectivity index (χ2n) is 3.43. The lowest BCUT2D eigenvalue weighted by atomic mass is 10.1. The molecule has 0 radical (unpaired) electrons. The number of H-pyrrole nitrogens is 1. The van der Waals surface area contributed by atoms with Gasteiger partial charge >= 0.3 is 5.76 Å². The Labute approximate surface area is 91.5 Å². The van der Waals surface area contributed by atoms with Crippen LogP contribution in [-0.2, 0) is 0 Å². The van der Waals surface area contributed by atoms with Crippen molar-refractivity contribution in [3.63, 3.8) is 0 Å². The van der Waals surface area contributed by atoms with E-state index in [0.717, 1.165) is 6.54 Å². The summed E-state index contributed by atoms with van der Waals surface area (Å²) in [6.07, 6.45) is 0. The van der Waals surface area contributed by atoms with Crippen LogP contribution in [0.5, 0.6) is 0 Å². The number of carbonyl (C=O) groups excluding carboxylic acids is 1. The second kappa shape index (κ2) is 4.32. The lowest BCUT2D eigenvalue weighted by Crippen LogP contribution is -2.22. The van der Waals surface area contributed by atoms with Crippen molar-refractivity contribution in [2.45, 2.75) is 6.92 Å². The summed E-state index contributed by atoms with van der Waals surface area (Å²) < 4.78 is 4.88. The van der Waals surface area contributed by atoms with Crippen molar-refractivity contribution in [2.75, 3.05) is 13.1 Å². The van der Waals surface area contributed by atoms with E-state index < -0.39 is 5.76 Å². The molecule has 5 nitrogen and oxygen atoms in total. The molecule has 0 aliphatic rings. The van der Waals surface area contributed by atoms with Crippen LogP contribution in [0, 0.1) is 0 Å². The zero-order valence-electron chi connectivity index (χ0n) is 8.87. The molecule has 0 atom stereocenters. The Morgan fingerprint density at radius 3 is 3.06 bits per heavy atom.